The van der Waals surface area contributed by atoms with Gasteiger partial charge in [-0.05, 0) is 62.2 Å². The molecular formula is C17H28N4. The number of hydrogen-bond donors (Lipinski definition) is 2. The van der Waals surface area contributed by atoms with Gasteiger partial charge in [0, 0.05) is 12.6 Å². The largest absolute Gasteiger partial charge is 0.394 e. The minimum atomic E-state index is 0.297. The van der Waals surface area contributed by atoms with Crippen molar-refractivity contribution in [2.24, 2.45) is 24.8 Å². The standard InChI is InChI=1S/C17H28N4/c1-10(2)15-14(18)16(21(3)20-15)19-17-7-11-4-12(8-17)6-13(5-11)9-17/h10-13,19H,4-9,18H2,1-3H3. The Morgan fingerprint density at radius 2 is 1.67 bits per heavy atom. The van der Waals surface area contributed by atoms with Gasteiger partial charge in [0.25, 0.3) is 0 Å². The summed E-state index contributed by atoms with van der Waals surface area (Å²) in [6, 6.07) is 0. The number of aromatic nitrogens is 2. The second-order valence-electron chi connectivity index (χ2n) is 8.25. The van der Waals surface area contributed by atoms with Gasteiger partial charge in [-0.15, -0.1) is 0 Å². The number of aryl methyl sites for hydroxylation is 1. The summed E-state index contributed by atoms with van der Waals surface area (Å²) in [6.45, 7) is 4.32. The number of anilines is 2. The summed E-state index contributed by atoms with van der Waals surface area (Å²) >= 11 is 0. The lowest BCUT2D eigenvalue weighted by Gasteiger charge is -2.57. The van der Waals surface area contributed by atoms with Crippen molar-refractivity contribution in [2.75, 3.05) is 11.1 Å². The predicted octanol–water partition coefficient (Wildman–Crippen LogP) is 3.51. The average Bonchev–Trinajstić information content (AvgIpc) is 2.65. The van der Waals surface area contributed by atoms with Crippen molar-refractivity contribution < 1.29 is 0 Å². The molecule has 0 aromatic carbocycles. The van der Waals surface area contributed by atoms with Crippen LogP contribution in [0.5, 0.6) is 0 Å². The summed E-state index contributed by atoms with van der Waals surface area (Å²) in [5, 5.41) is 8.51. The van der Waals surface area contributed by atoms with Crippen LogP contribution in [0.1, 0.15) is 64.0 Å². The maximum Gasteiger partial charge on any atom is 0.148 e. The third-order valence-electron chi connectivity index (χ3n) is 6.08. The molecule has 21 heavy (non-hydrogen) atoms. The first kappa shape index (κ1) is 13.5. The van der Waals surface area contributed by atoms with Crippen molar-refractivity contribution in [3.63, 3.8) is 0 Å². The maximum absolute atomic E-state index is 6.39. The molecule has 0 aliphatic heterocycles. The molecule has 4 nitrogen and oxygen atoms in total. The fraction of sp³-hybridized carbons (Fsp3) is 0.824. The molecule has 4 bridgehead atoms. The Balaban J connectivity index is 1.64. The molecule has 5 rings (SSSR count). The van der Waals surface area contributed by atoms with Crippen LogP contribution in [0.4, 0.5) is 11.5 Å². The molecule has 1 aromatic heterocycles. The number of rotatable bonds is 3. The second kappa shape index (κ2) is 4.40. The van der Waals surface area contributed by atoms with Gasteiger partial charge in [0.1, 0.15) is 5.82 Å². The molecule has 1 aromatic rings. The molecule has 0 saturated heterocycles. The van der Waals surface area contributed by atoms with Gasteiger partial charge in [-0.2, -0.15) is 5.10 Å². The lowest BCUT2D eigenvalue weighted by Crippen LogP contribution is -2.55. The molecule has 4 fully saturated rings. The first-order valence-corrected chi connectivity index (χ1v) is 8.56. The normalized spacial score (nSPS) is 37.4. The Morgan fingerprint density at radius 1 is 1.14 bits per heavy atom. The summed E-state index contributed by atoms with van der Waals surface area (Å²) in [4.78, 5) is 0. The Hall–Kier alpha value is -1.19. The Morgan fingerprint density at radius 3 is 2.10 bits per heavy atom. The maximum atomic E-state index is 6.39. The van der Waals surface area contributed by atoms with E-state index >= 15 is 0 Å². The van der Waals surface area contributed by atoms with E-state index in [1.54, 1.807) is 0 Å². The summed E-state index contributed by atoms with van der Waals surface area (Å²) in [6.07, 6.45) is 8.42. The highest BCUT2D eigenvalue weighted by molar-refractivity contribution is 5.66. The topological polar surface area (TPSA) is 55.9 Å². The minimum Gasteiger partial charge on any atom is -0.394 e. The van der Waals surface area contributed by atoms with Crippen LogP contribution < -0.4 is 11.1 Å². The van der Waals surface area contributed by atoms with E-state index in [-0.39, 0.29) is 0 Å². The number of nitrogens with one attached hydrogen (secondary N) is 1. The lowest BCUT2D eigenvalue weighted by atomic mass is 9.53. The number of nitrogens with two attached hydrogens (primary N) is 1. The van der Waals surface area contributed by atoms with E-state index in [2.05, 4.69) is 24.3 Å². The monoisotopic (exact) mass is 288 g/mol. The molecule has 0 atom stereocenters. The van der Waals surface area contributed by atoms with Gasteiger partial charge in [0.15, 0.2) is 0 Å². The summed E-state index contributed by atoms with van der Waals surface area (Å²) < 4.78 is 1.96. The Bertz CT molecular complexity index is 522. The molecule has 0 spiro atoms. The van der Waals surface area contributed by atoms with Gasteiger partial charge in [0.05, 0.1) is 11.4 Å². The molecular weight excluding hydrogens is 260 g/mol. The highest BCUT2D eigenvalue weighted by Crippen LogP contribution is 2.56. The number of nitrogens with zero attached hydrogens (tertiary/aromatic N) is 2. The Kier molecular flexibility index (Phi) is 2.82. The fourth-order valence-electron chi connectivity index (χ4n) is 5.65. The second-order valence-corrected chi connectivity index (χ2v) is 8.25. The van der Waals surface area contributed by atoms with Crippen LogP contribution in [0.25, 0.3) is 0 Å². The molecule has 0 radical (unpaired) electrons. The number of hydrogen-bond acceptors (Lipinski definition) is 3. The van der Waals surface area contributed by atoms with Gasteiger partial charge in [-0.25, -0.2) is 0 Å². The van der Waals surface area contributed by atoms with Crippen LogP contribution in [0, 0.1) is 17.8 Å². The highest BCUT2D eigenvalue weighted by Gasteiger charge is 2.51. The van der Waals surface area contributed by atoms with E-state index in [9.17, 15) is 0 Å². The van der Waals surface area contributed by atoms with Crippen molar-refractivity contribution >= 4 is 11.5 Å². The van der Waals surface area contributed by atoms with Crippen molar-refractivity contribution in [3.05, 3.63) is 5.69 Å². The van der Waals surface area contributed by atoms with Gasteiger partial charge in [-0.3, -0.25) is 4.68 Å². The van der Waals surface area contributed by atoms with Crippen LogP contribution in [0.2, 0.25) is 0 Å². The van der Waals surface area contributed by atoms with Gasteiger partial charge < -0.3 is 11.1 Å². The van der Waals surface area contributed by atoms with E-state index in [1.165, 1.54) is 38.5 Å². The van der Waals surface area contributed by atoms with Crippen LogP contribution >= 0.6 is 0 Å². The van der Waals surface area contributed by atoms with E-state index in [1.807, 2.05) is 11.7 Å². The van der Waals surface area contributed by atoms with Crippen molar-refractivity contribution in [2.45, 2.75) is 63.8 Å². The van der Waals surface area contributed by atoms with E-state index in [0.29, 0.717) is 11.5 Å². The average molecular weight is 288 g/mol. The summed E-state index contributed by atoms with van der Waals surface area (Å²) in [5.74, 6) is 4.28. The van der Waals surface area contributed by atoms with Crippen molar-refractivity contribution in [1.82, 2.24) is 9.78 Å². The highest BCUT2D eigenvalue weighted by atomic mass is 15.3. The molecule has 4 aliphatic carbocycles. The third kappa shape index (κ3) is 2.06. The van der Waals surface area contributed by atoms with E-state index in [4.69, 9.17) is 5.73 Å². The third-order valence-corrected chi connectivity index (χ3v) is 6.08. The first-order valence-electron chi connectivity index (χ1n) is 8.56. The number of nitrogen functional groups attached to an aromatic ring is 1. The summed E-state index contributed by atoms with van der Waals surface area (Å²) in [7, 11) is 2.02. The smallest absolute Gasteiger partial charge is 0.148 e. The van der Waals surface area contributed by atoms with Crippen LogP contribution in [0.15, 0.2) is 0 Å². The quantitative estimate of drug-likeness (QED) is 0.895. The minimum absolute atomic E-state index is 0.297. The molecule has 1 heterocycles. The molecule has 0 amide bonds. The zero-order valence-corrected chi connectivity index (χ0v) is 13.5. The molecule has 0 unspecified atom stereocenters. The van der Waals surface area contributed by atoms with Gasteiger partial charge in [0.2, 0.25) is 0 Å². The lowest BCUT2D eigenvalue weighted by molar-refractivity contribution is 0.0104. The molecule has 3 N–H and O–H groups in total. The molecule has 4 aliphatic rings. The SMILES string of the molecule is CC(C)c1nn(C)c(NC23CC4CC(CC(C4)C2)C3)c1N. The van der Waals surface area contributed by atoms with Crippen LogP contribution in [-0.4, -0.2) is 15.3 Å². The zero-order valence-electron chi connectivity index (χ0n) is 13.5. The van der Waals surface area contributed by atoms with Crippen LogP contribution in [-0.2, 0) is 7.05 Å². The van der Waals surface area contributed by atoms with Crippen molar-refractivity contribution in [1.29, 1.82) is 0 Å². The predicted molar refractivity (Wildman–Crippen MR) is 86.2 cm³/mol. The summed E-state index contributed by atoms with van der Waals surface area (Å²) in [5.41, 5.74) is 8.58. The molecule has 116 valence electrons. The first-order chi connectivity index (χ1) is 9.96. The zero-order chi connectivity index (χ0) is 14.8. The fourth-order valence-corrected chi connectivity index (χ4v) is 5.65. The van der Waals surface area contributed by atoms with E-state index in [0.717, 1.165) is 35.0 Å². The van der Waals surface area contributed by atoms with Crippen molar-refractivity contribution in [3.8, 4) is 0 Å². The van der Waals surface area contributed by atoms with Gasteiger partial charge in [-0.1, -0.05) is 13.8 Å². The molecule has 4 saturated carbocycles. The Labute approximate surface area is 127 Å². The van der Waals surface area contributed by atoms with E-state index < -0.39 is 0 Å². The van der Waals surface area contributed by atoms with Crippen LogP contribution in [0.3, 0.4) is 0 Å². The van der Waals surface area contributed by atoms with Gasteiger partial charge >= 0.3 is 0 Å². The molecule has 4 heteroatoms.